The maximum atomic E-state index is 12.8. The molecule has 5 nitrogen and oxygen atoms in total. The van der Waals surface area contributed by atoms with Crippen molar-refractivity contribution in [2.75, 3.05) is 46.9 Å². The molecule has 2 heterocycles. The van der Waals surface area contributed by atoms with E-state index in [2.05, 4.69) is 28.2 Å². The van der Waals surface area contributed by atoms with Gasteiger partial charge in [-0.1, -0.05) is 18.2 Å². The first-order chi connectivity index (χ1) is 11.2. The first-order valence-electron chi connectivity index (χ1n) is 8.53. The number of methoxy groups -OCH3 is 1. The summed E-state index contributed by atoms with van der Waals surface area (Å²) >= 11 is 0. The normalized spacial score (nSPS) is 23.7. The Morgan fingerprint density at radius 2 is 1.96 bits per heavy atom. The minimum Gasteiger partial charge on any atom is -0.496 e. The van der Waals surface area contributed by atoms with Crippen LogP contribution in [0.5, 0.6) is 5.75 Å². The number of carbonyl (C=O) groups is 1. The van der Waals surface area contributed by atoms with Crippen molar-refractivity contribution in [3.8, 4) is 5.75 Å². The molecule has 1 aromatic rings. The molecule has 1 atom stereocenters. The van der Waals surface area contributed by atoms with Gasteiger partial charge < -0.3 is 15.0 Å². The van der Waals surface area contributed by atoms with Crippen LogP contribution < -0.4 is 10.1 Å². The summed E-state index contributed by atoms with van der Waals surface area (Å²) in [7, 11) is 3.84. The quantitative estimate of drug-likeness (QED) is 0.918. The van der Waals surface area contributed by atoms with Crippen molar-refractivity contribution in [2.45, 2.75) is 18.9 Å². The number of ether oxygens (including phenoxy) is 1. The number of piperazine rings is 1. The summed E-state index contributed by atoms with van der Waals surface area (Å²) in [6.45, 7) is 4.39. The van der Waals surface area contributed by atoms with E-state index >= 15 is 0 Å². The summed E-state index contributed by atoms with van der Waals surface area (Å²) in [6.07, 6.45) is 1.93. The van der Waals surface area contributed by atoms with Crippen molar-refractivity contribution in [2.24, 2.45) is 5.92 Å². The monoisotopic (exact) mass is 317 g/mol. The summed E-state index contributed by atoms with van der Waals surface area (Å²) in [5.74, 6) is 1.43. The maximum Gasteiger partial charge on any atom is 0.225 e. The molecule has 1 unspecified atom stereocenters. The van der Waals surface area contributed by atoms with Crippen LogP contribution in [0, 0.1) is 5.92 Å². The first-order valence-corrected chi connectivity index (χ1v) is 8.53. The Bertz CT molecular complexity index is 543. The lowest BCUT2D eigenvalue weighted by atomic mass is 9.95. The number of nitrogens with one attached hydrogen (secondary N) is 1. The second kappa shape index (κ2) is 7.32. The van der Waals surface area contributed by atoms with Crippen LogP contribution in [0.15, 0.2) is 24.3 Å². The van der Waals surface area contributed by atoms with Crippen LogP contribution in [0.1, 0.15) is 24.4 Å². The van der Waals surface area contributed by atoms with Crippen molar-refractivity contribution in [1.82, 2.24) is 15.1 Å². The summed E-state index contributed by atoms with van der Waals surface area (Å²) < 4.78 is 5.52. The Morgan fingerprint density at radius 3 is 2.70 bits per heavy atom. The molecule has 2 fully saturated rings. The van der Waals surface area contributed by atoms with E-state index in [0.717, 1.165) is 51.3 Å². The minimum atomic E-state index is 0.193. The number of rotatable bonds is 3. The van der Waals surface area contributed by atoms with E-state index in [4.69, 9.17) is 4.74 Å². The highest BCUT2D eigenvalue weighted by Gasteiger charge is 2.33. The Labute approximate surface area is 138 Å². The summed E-state index contributed by atoms with van der Waals surface area (Å²) in [5.41, 5.74) is 1.17. The predicted molar refractivity (Wildman–Crippen MR) is 90.5 cm³/mol. The van der Waals surface area contributed by atoms with E-state index in [9.17, 15) is 4.79 Å². The zero-order valence-electron chi connectivity index (χ0n) is 14.1. The van der Waals surface area contributed by atoms with E-state index in [1.54, 1.807) is 7.11 Å². The number of benzene rings is 1. The molecule has 0 bridgehead atoms. The van der Waals surface area contributed by atoms with Gasteiger partial charge in [-0.15, -0.1) is 0 Å². The van der Waals surface area contributed by atoms with Crippen molar-refractivity contribution in [1.29, 1.82) is 0 Å². The number of nitrogens with zero attached hydrogens (tertiary/aromatic N) is 2. The maximum absolute atomic E-state index is 12.8. The molecule has 126 valence electrons. The molecule has 2 aliphatic heterocycles. The molecular formula is C18H27N3O2. The second-order valence-corrected chi connectivity index (χ2v) is 6.55. The molecule has 1 amide bonds. The van der Waals surface area contributed by atoms with Gasteiger partial charge in [0.05, 0.1) is 13.2 Å². The van der Waals surface area contributed by atoms with Crippen LogP contribution in [-0.2, 0) is 4.79 Å². The molecule has 0 aromatic heterocycles. The highest BCUT2D eigenvalue weighted by molar-refractivity contribution is 5.79. The smallest absolute Gasteiger partial charge is 0.225 e. The standard InChI is InChI=1S/C18H27N3O2/c1-20-11-12-21(18(22)14-7-9-19-10-8-14)13-16(20)15-5-3-4-6-17(15)23-2/h3-6,14,16,19H,7-13H2,1-2H3. The van der Waals surface area contributed by atoms with Gasteiger partial charge in [0.2, 0.25) is 5.91 Å². The lowest BCUT2D eigenvalue weighted by molar-refractivity contribution is -0.139. The molecule has 23 heavy (non-hydrogen) atoms. The zero-order chi connectivity index (χ0) is 16.2. The van der Waals surface area contributed by atoms with Gasteiger partial charge in [-0.2, -0.15) is 0 Å². The molecular weight excluding hydrogens is 290 g/mol. The van der Waals surface area contributed by atoms with Gasteiger partial charge in [0, 0.05) is 31.1 Å². The summed E-state index contributed by atoms with van der Waals surface area (Å²) in [6, 6.07) is 8.34. The fourth-order valence-corrected chi connectivity index (χ4v) is 3.68. The highest BCUT2D eigenvalue weighted by Crippen LogP contribution is 2.32. The van der Waals surface area contributed by atoms with Gasteiger partial charge in [-0.3, -0.25) is 9.69 Å². The molecule has 3 rings (SSSR count). The molecule has 0 aliphatic carbocycles. The van der Waals surface area contributed by atoms with Gasteiger partial charge in [0.25, 0.3) is 0 Å². The van der Waals surface area contributed by atoms with Crippen LogP contribution >= 0.6 is 0 Å². The molecule has 0 saturated carbocycles. The Hall–Kier alpha value is -1.59. The van der Waals surface area contributed by atoms with Crippen molar-refractivity contribution in [3.05, 3.63) is 29.8 Å². The third kappa shape index (κ3) is 3.51. The lowest BCUT2D eigenvalue weighted by Crippen LogP contribution is -2.51. The number of amides is 1. The zero-order valence-corrected chi connectivity index (χ0v) is 14.1. The largest absolute Gasteiger partial charge is 0.496 e. The Morgan fingerprint density at radius 1 is 1.22 bits per heavy atom. The third-order valence-electron chi connectivity index (χ3n) is 5.15. The molecule has 1 N–H and O–H groups in total. The summed E-state index contributed by atoms with van der Waals surface area (Å²) in [4.78, 5) is 17.2. The number of likely N-dealkylation sites (N-methyl/N-ethyl adjacent to an activating group) is 1. The summed E-state index contributed by atoms with van der Waals surface area (Å²) in [5, 5.41) is 3.33. The van der Waals surface area contributed by atoms with Gasteiger partial charge >= 0.3 is 0 Å². The van der Waals surface area contributed by atoms with E-state index < -0.39 is 0 Å². The second-order valence-electron chi connectivity index (χ2n) is 6.55. The van der Waals surface area contributed by atoms with Crippen LogP contribution in [-0.4, -0.2) is 62.6 Å². The van der Waals surface area contributed by atoms with E-state index in [1.807, 2.05) is 18.2 Å². The number of para-hydroxylation sites is 1. The molecule has 5 heteroatoms. The van der Waals surface area contributed by atoms with E-state index in [-0.39, 0.29) is 12.0 Å². The number of hydrogen-bond donors (Lipinski definition) is 1. The fourth-order valence-electron chi connectivity index (χ4n) is 3.68. The lowest BCUT2D eigenvalue weighted by Gasteiger charge is -2.41. The van der Waals surface area contributed by atoms with Crippen LogP contribution in [0.25, 0.3) is 0 Å². The molecule has 0 spiro atoms. The molecule has 0 radical (unpaired) electrons. The average molecular weight is 317 g/mol. The predicted octanol–water partition coefficient (Wildman–Crippen LogP) is 1.51. The van der Waals surface area contributed by atoms with Gasteiger partial charge in [0.15, 0.2) is 0 Å². The van der Waals surface area contributed by atoms with Gasteiger partial charge in [-0.25, -0.2) is 0 Å². The molecule has 2 aliphatic rings. The SMILES string of the molecule is COc1ccccc1C1CN(C(=O)C2CCNCC2)CCN1C. The molecule has 1 aromatic carbocycles. The third-order valence-corrected chi connectivity index (χ3v) is 5.15. The van der Waals surface area contributed by atoms with Crippen molar-refractivity contribution >= 4 is 5.91 Å². The van der Waals surface area contributed by atoms with Crippen molar-refractivity contribution < 1.29 is 9.53 Å². The average Bonchev–Trinajstić information content (AvgIpc) is 2.62. The highest BCUT2D eigenvalue weighted by atomic mass is 16.5. The Balaban J connectivity index is 1.75. The van der Waals surface area contributed by atoms with Gasteiger partial charge in [0.1, 0.15) is 5.75 Å². The fraction of sp³-hybridized carbons (Fsp3) is 0.611. The van der Waals surface area contributed by atoms with Crippen LogP contribution in [0.4, 0.5) is 0 Å². The minimum absolute atomic E-state index is 0.193. The number of carbonyl (C=O) groups excluding carboxylic acids is 1. The van der Waals surface area contributed by atoms with Crippen LogP contribution in [0.2, 0.25) is 0 Å². The molecule has 2 saturated heterocycles. The Kier molecular flexibility index (Phi) is 5.18. The number of hydrogen-bond acceptors (Lipinski definition) is 4. The number of piperidine rings is 1. The van der Waals surface area contributed by atoms with Crippen LogP contribution in [0.3, 0.4) is 0 Å². The first kappa shape index (κ1) is 16.3. The van der Waals surface area contributed by atoms with E-state index in [0.29, 0.717) is 5.91 Å². The van der Waals surface area contributed by atoms with Gasteiger partial charge in [-0.05, 0) is 39.0 Å². The van der Waals surface area contributed by atoms with Crippen molar-refractivity contribution in [3.63, 3.8) is 0 Å². The topological polar surface area (TPSA) is 44.8 Å². The van der Waals surface area contributed by atoms with E-state index in [1.165, 1.54) is 5.56 Å².